The Labute approximate surface area is 161 Å². The molecule has 0 aliphatic carbocycles. The van der Waals surface area contributed by atoms with Gasteiger partial charge >= 0.3 is 6.18 Å². The Hall–Kier alpha value is -1.68. The summed E-state index contributed by atoms with van der Waals surface area (Å²) in [7, 11) is 0. The molecule has 3 atom stereocenters. The topological polar surface area (TPSA) is 99.0 Å². The smallest absolute Gasteiger partial charge is 0.386 e. The molecule has 1 aromatic rings. The van der Waals surface area contributed by atoms with Gasteiger partial charge in [0.2, 0.25) is 0 Å². The number of rotatable bonds is 6. The number of aliphatic hydroxyl groups excluding tert-OH is 2. The standard InChI is InChI=1S/C19H26F3NO5/c1-11(2)14(15(24)12-4-3-5-13(10-12)19(20,21)22)23-17(26)16(25)18(27)6-8-28-9-7-18/h3-5,10-11,14-16,24-25,27H,6-9H2,1-2H3,(H,23,26). The summed E-state index contributed by atoms with van der Waals surface area (Å²) in [6, 6.07) is 3.27. The third-order valence-electron chi connectivity index (χ3n) is 5.04. The Bertz CT molecular complexity index is 674. The highest BCUT2D eigenvalue weighted by Crippen LogP contribution is 2.32. The highest BCUT2D eigenvalue weighted by Gasteiger charge is 2.43. The molecule has 1 aliphatic rings. The van der Waals surface area contributed by atoms with Crippen LogP contribution in [0.15, 0.2) is 24.3 Å². The number of carbonyl (C=O) groups excluding carboxylic acids is 1. The molecule has 1 fully saturated rings. The molecule has 1 heterocycles. The minimum Gasteiger partial charge on any atom is -0.386 e. The highest BCUT2D eigenvalue weighted by atomic mass is 19.4. The van der Waals surface area contributed by atoms with E-state index in [-0.39, 0.29) is 37.5 Å². The summed E-state index contributed by atoms with van der Waals surface area (Å²) in [4.78, 5) is 12.5. The summed E-state index contributed by atoms with van der Waals surface area (Å²) < 4.78 is 43.9. The van der Waals surface area contributed by atoms with Gasteiger partial charge in [-0.25, -0.2) is 0 Å². The normalized spacial score (nSPS) is 20.5. The molecule has 2 rings (SSSR count). The first kappa shape index (κ1) is 22.6. The van der Waals surface area contributed by atoms with Crippen molar-refractivity contribution in [1.29, 1.82) is 0 Å². The number of alkyl halides is 3. The third-order valence-corrected chi connectivity index (χ3v) is 5.04. The molecule has 0 radical (unpaired) electrons. The van der Waals surface area contributed by atoms with Gasteiger partial charge in [-0.2, -0.15) is 13.2 Å². The van der Waals surface area contributed by atoms with Crippen molar-refractivity contribution in [2.24, 2.45) is 5.92 Å². The highest BCUT2D eigenvalue weighted by molar-refractivity contribution is 5.82. The maximum atomic E-state index is 12.9. The molecular formula is C19H26F3NO5. The number of hydrogen-bond acceptors (Lipinski definition) is 5. The van der Waals surface area contributed by atoms with Gasteiger partial charge in [-0.3, -0.25) is 4.79 Å². The summed E-state index contributed by atoms with van der Waals surface area (Å²) in [5.74, 6) is -1.25. The number of aliphatic hydroxyl groups is 3. The van der Waals surface area contributed by atoms with Crippen LogP contribution in [0.4, 0.5) is 13.2 Å². The van der Waals surface area contributed by atoms with Crippen molar-refractivity contribution in [3.8, 4) is 0 Å². The lowest BCUT2D eigenvalue weighted by atomic mass is 9.86. The fourth-order valence-electron chi connectivity index (χ4n) is 3.20. The summed E-state index contributed by atoms with van der Waals surface area (Å²) in [5, 5.41) is 33.8. The van der Waals surface area contributed by atoms with Crippen LogP contribution in [0.5, 0.6) is 0 Å². The molecule has 1 aliphatic heterocycles. The van der Waals surface area contributed by atoms with E-state index < -0.39 is 41.5 Å². The number of ether oxygens (including phenoxy) is 1. The zero-order valence-corrected chi connectivity index (χ0v) is 15.7. The van der Waals surface area contributed by atoms with Crippen LogP contribution in [0.1, 0.15) is 43.9 Å². The molecule has 4 N–H and O–H groups in total. The van der Waals surface area contributed by atoms with E-state index in [0.29, 0.717) is 0 Å². The molecule has 0 aromatic heterocycles. The first-order chi connectivity index (χ1) is 13.0. The second kappa shape index (κ2) is 8.77. The summed E-state index contributed by atoms with van der Waals surface area (Å²) in [6.07, 6.45) is -7.59. The molecule has 3 unspecified atom stereocenters. The van der Waals surface area contributed by atoms with Crippen LogP contribution in [0.2, 0.25) is 0 Å². The Morgan fingerprint density at radius 1 is 1.21 bits per heavy atom. The first-order valence-corrected chi connectivity index (χ1v) is 9.09. The van der Waals surface area contributed by atoms with Gasteiger partial charge in [0.15, 0.2) is 6.10 Å². The lowest BCUT2D eigenvalue weighted by molar-refractivity contribution is -0.161. The van der Waals surface area contributed by atoms with Crippen LogP contribution in [-0.2, 0) is 15.7 Å². The number of amides is 1. The maximum absolute atomic E-state index is 12.9. The van der Waals surface area contributed by atoms with Crippen molar-refractivity contribution >= 4 is 5.91 Å². The van der Waals surface area contributed by atoms with Gasteiger partial charge in [-0.15, -0.1) is 0 Å². The molecule has 6 nitrogen and oxygen atoms in total. The van der Waals surface area contributed by atoms with E-state index in [2.05, 4.69) is 5.32 Å². The minimum atomic E-state index is -4.56. The van der Waals surface area contributed by atoms with Crippen molar-refractivity contribution < 1.29 is 38.0 Å². The van der Waals surface area contributed by atoms with E-state index in [0.717, 1.165) is 12.1 Å². The van der Waals surface area contributed by atoms with Crippen LogP contribution in [0, 0.1) is 5.92 Å². The average Bonchev–Trinajstić information content (AvgIpc) is 2.64. The molecule has 0 bridgehead atoms. The van der Waals surface area contributed by atoms with Crippen LogP contribution in [0.25, 0.3) is 0 Å². The number of hydrogen-bond donors (Lipinski definition) is 4. The number of carbonyl (C=O) groups is 1. The van der Waals surface area contributed by atoms with Crippen LogP contribution in [0.3, 0.4) is 0 Å². The molecule has 28 heavy (non-hydrogen) atoms. The molecule has 158 valence electrons. The van der Waals surface area contributed by atoms with E-state index in [1.165, 1.54) is 12.1 Å². The van der Waals surface area contributed by atoms with E-state index in [4.69, 9.17) is 4.74 Å². The summed E-state index contributed by atoms with van der Waals surface area (Å²) in [5.41, 5.74) is -2.56. The summed E-state index contributed by atoms with van der Waals surface area (Å²) in [6.45, 7) is 3.75. The van der Waals surface area contributed by atoms with E-state index >= 15 is 0 Å². The fraction of sp³-hybridized carbons (Fsp3) is 0.632. The predicted molar refractivity (Wildman–Crippen MR) is 94.2 cm³/mol. The number of benzene rings is 1. The SMILES string of the molecule is CC(C)C(NC(=O)C(O)C1(O)CCOCC1)C(O)c1cccc(C(F)(F)F)c1. The Kier molecular flexibility index (Phi) is 7.08. The van der Waals surface area contributed by atoms with Gasteiger partial charge in [0.05, 0.1) is 17.7 Å². The Morgan fingerprint density at radius 2 is 1.82 bits per heavy atom. The first-order valence-electron chi connectivity index (χ1n) is 9.09. The van der Waals surface area contributed by atoms with Crippen LogP contribution >= 0.6 is 0 Å². The van der Waals surface area contributed by atoms with Crippen molar-refractivity contribution in [1.82, 2.24) is 5.32 Å². The van der Waals surface area contributed by atoms with E-state index in [1.807, 2.05) is 0 Å². The van der Waals surface area contributed by atoms with Gasteiger partial charge in [-0.05, 0) is 23.6 Å². The quantitative estimate of drug-likeness (QED) is 0.578. The molecule has 1 aromatic carbocycles. The molecular weight excluding hydrogens is 379 g/mol. The maximum Gasteiger partial charge on any atom is 0.416 e. The molecule has 9 heteroatoms. The number of halogens is 3. The fourth-order valence-corrected chi connectivity index (χ4v) is 3.20. The summed E-state index contributed by atoms with van der Waals surface area (Å²) >= 11 is 0. The lowest BCUT2D eigenvalue weighted by Crippen LogP contribution is -2.57. The largest absolute Gasteiger partial charge is 0.416 e. The van der Waals surface area contributed by atoms with Gasteiger partial charge in [0, 0.05) is 26.1 Å². The zero-order chi connectivity index (χ0) is 21.1. The Morgan fingerprint density at radius 3 is 2.36 bits per heavy atom. The van der Waals surface area contributed by atoms with Gasteiger partial charge in [0.1, 0.15) is 5.60 Å². The van der Waals surface area contributed by atoms with E-state index in [1.54, 1.807) is 13.8 Å². The lowest BCUT2D eigenvalue weighted by Gasteiger charge is -2.37. The van der Waals surface area contributed by atoms with Gasteiger partial charge < -0.3 is 25.4 Å². The van der Waals surface area contributed by atoms with Crippen molar-refractivity contribution in [3.05, 3.63) is 35.4 Å². The number of nitrogens with one attached hydrogen (secondary N) is 1. The third kappa shape index (κ3) is 5.22. The monoisotopic (exact) mass is 405 g/mol. The van der Waals surface area contributed by atoms with Crippen LogP contribution < -0.4 is 5.32 Å². The second-order valence-corrected chi connectivity index (χ2v) is 7.46. The molecule has 0 saturated carbocycles. The van der Waals surface area contributed by atoms with Crippen molar-refractivity contribution in [3.63, 3.8) is 0 Å². The molecule has 0 spiro atoms. The second-order valence-electron chi connectivity index (χ2n) is 7.46. The molecule has 1 amide bonds. The van der Waals surface area contributed by atoms with Gasteiger partial charge in [-0.1, -0.05) is 26.0 Å². The van der Waals surface area contributed by atoms with Crippen LogP contribution in [-0.4, -0.2) is 52.2 Å². The van der Waals surface area contributed by atoms with Crippen molar-refractivity contribution in [2.45, 2.75) is 56.7 Å². The van der Waals surface area contributed by atoms with Crippen molar-refractivity contribution in [2.75, 3.05) is 13.2 Å². The Balaban J connectivity index is 2.17. The van der Waals surface area contributed by atoms with Gasteiger partial charge in [0.25, 0.3) is 5.91 Å². The molecule has 1 saturated heterocycles. The zero-order valence-electron chi connectivity index (χ0n) is 15.7. The van der Waals surface area contributed by atoms with E-state index in [9.17, 15) is 33.3 Å². The average molecular weight is 405 g/mol. The minimum absolute atomic E-state index is 0.00640. The predicted octanol–water partition coefficient (Wildman–Crippen LogP) is 1.78.